The highest BCUT2D eigenvalue weighted by atomic mass is 79.9. The molecular formula is C9H8BrClN2. The number of allylic oxidation sites excluding steroid dienone is 1. The predicted molar refractivity (Wildman–Crippen MR) is 60.7 cm³/mol. The molecule has 0 amide bonds. The average Bonchev–Trinajstić information content (AvgIpc) is 2.16. The molecule has 0 aliphatic heterocycles. The zero-order valence-corrected chi connectivity index (χ0v) is 9.09. The second kappa shape index (κ2) is 5.04. The molecule has 0 aliphatic carbocycles. The van der Waals surface area contributed by atoms with Crippen molar-refractivity contribution in [1.82, 2.24) is 0 Å². The number of rotatable bonds is 2. The van der Waals surface area contributed by atoms with E-state index >= 15 is 0 Å². The van der Waals surface area contributed by atoms with Crippen molar-refractivity contribution in [2.75, 3.05) is 0 Å². The number of nitrogens with zero attached hydrogens (tertiary/aromatic N) is 1. The van der Waals surface area contributed by atoms with E-state index in [1.807, 2.05) is 30.3 Å². The fourth-order valence-electron chi connectivity index (χ4n) is 0.782. The molecule has 0 heterocycles. The SMILES string of the molecule is NN=C(Cl)C=Cc1ccc(Br)cc1. The van der Waals surface area contributed by atoms with E-state index in [2.05, 4.69) is 21.0 Å². The molecule has 0 saturated carbocycles. The van der Waals surface area contributed by atoms with E-state index in [-0.39, 0.29) is 5.17 Å². The van der Waals surface area contributed by atoms with Crippen LogP contribution in [0.25, 0.3) is 6.08 Å². The normalized spacial score (nSPS) is 12.3. The van der Waals surface area contributed by atoms with Crippen molar-refractivity contribution in [1.29, 1.82) is 0 Å². The highest BCUT2D eigenvalue weighted by Crippen LogP contribution is 2.11. The van der Waals surface area contributed by atoms with Crippen molar-refractivity contribution in [3.05, 3.63) is 40.4 Å². The Balaban J connectivity index is 2.75. The maximum atomic E-state index is 5.58. The minimum atomic E-state index is 0.280. The van der Waals surface area contributed by atoms with Crippen LogP contribution in [0, 0.1) is 0 Å². The Morgan fingerprint density at radius 3 is 2.54 bits per heavy atom. The molecule has 4 heteroatoms. The van der Waals surface area contributed by atoms with Gasteiger partial charge in [-0.15, -0.1) is 0 Å². The summed E-state index contributed by atoms with van der Waals surface area (Å²) in [6, 6.07) is 7.82. The number of halogens is 2. The van der Waals surface area contributed by atoms with Crippen molar-refractivity contribution in [2.24, 2.45) is 10.9 Å². The van der Waals surface area contributed by atoms with Crippen LogP contribution >= 0.6 is 27.5 Å². The summed E-state index contributed by atoms with van der Waals surface area (Å²) in [5, 5.41) is 3.59. The molecule has 0 spiro atoms. The molecule has 0 bridgehead atoms. The van der Waals surface area contributed by atoms with Crippen LogP contribution in [0.1, 0.15) is 5.56 Å². The Morgan fingerprint density at radius 2 is 2.00 bits per heavy atom. The molecular weight excluding hydrogens is 251 g/mol. The smallest absolute Gasteiger partial charge is 0.148 e. The number of hydrogen-bond acceptors (Lipinski definition) is 2. The molecule has 1 rings (SSSR count). The summed E-state index contributed by atoms with van der Waals surface area (Å²) >= 11 is 8.92. The van der Waals surface area contributed by atoms with Crippen LogP contribution in [0.3, 0.4) is 0 Å². The van der Waals surface area contributed by atoms with Crippen LogP contribution < -0.4 is 5.84 Å². The lowest BCUT2D eigenvalue weighted by atomic mass is 10.2. The van der Waals surface area contributed by atoms with E-state index in [1.54, 1.807) is 6.08 Å². The van der Waals surface area contributed by atoms with Crippen molar-refractivity contribution < 1.29 is 0 Å². The van der Waals surface area contributed by atoms with Crippen molar-refractivity contribution in [3.63, 3.8) is 0 Å². The minimum absolute atomic E-state index is 0.280. The van der Waals surface area contributed by atoms with Gasteiger partial charge in [0.25, 0.3) is 0 Å². The molecule has 0 aliphatic rings. The molecule has 0 unspecified atom stereocenters. The molecule has 1 aromatic carbocycles. The molecule has 0 saturated heterocycles. The summed E-state index contributed by atoms with van der Waals surface area (Å²) in [6.45, 7) is 0. The second-order valence-corrected chi connectivity index (χ2v) is 3.64. The van der Waals surface area contributed by atoms with Crippen LogP contribution in [-0.2, 0) is 0 Å². The topological polar surface area (TPSA) is 38.4 Å². The van der Waals surface area contributed by atoms with Crippen LogP contribution in [0.5, 0.6) is 0 Å². The third-order valence-corrected chi connectivity index (χ3v) is 2.16. The fourth-order valence-corrected chi connectivity index (χ4v) is 1.11. The molecule has 68 valence electrons. The number of nitrogens with two attached hydrogens (primary N) is 1. The molecule has 0 atom stereocenters. The van der Waals surface area contributed by atoms with E-state index in [9.17, 15) is 0 Å². The van der Waals surface area contributed by atoms with Gasteiger partial charge in [0.15, 0.2) is 0 Å². The molecule has 0 aromatic heterocycles. The van der Waals surface area contributed by atoms with Crippen molar-refractivity contribution >= 4 is 38.8 Å². The number of hydrazone groups is 1. The Morgan fingerprint density at radius 1 is 1.38 bits per heavy atom. The molecule has 0 fully saturated rings. The van der Waals surface area contributed by atoms with Crippen LogP contribution in [0.2, 0.25) is 0 Å². The first kappa shape index (κ1) is 10.3. The second-order valence-electron chi connectivity index (χ2n) is 2.34. The van der Waals surface area contributed by atoms with Gasteiger partial charge >= 0.3 is 0 Å². The van der Waals surface area contributed by atoms with Gasteiger partial charge in [0, 0.05) is 4.47 Å². The van der Waals surface area contributed by atoms with E-state index in [0.29, 0.717) is 0 Å². The fraction of sp³-hybridized carbons (Fsp3) is 0. The maximum Gasteiger partial charge on any atom is 0.148 e. The van der Waals surface area contributed by atoms with Crippen LogP contribution in [-0.4, -0.2) is 5.17 Å². The zero-order valence-electron chi connectivity index (χ0n) is 6.74. The lowest BCUT2D eigenvalue weighted by Gasteiger charge is -1.92. The zero-order chi connectivity index (χ0) is 9.68. The van der Waals surface area contributed by atoms with Crippen molar-refractivity contribution in [3.8, 4) is 0 Å². The summed E-state index contributed by atoms with van der Waals surface area (Å²) in [5.74, 6) is 4.96. The first-order chi connectivity index (χ1) is 6.22. The standard InChI is InChI=1S/C9H8BrClN2/c10-8-4-1-7(2-5-8)3-6-9(11)13-12/h1-6H,12H2. The van der Waals surface area contributed by atoms with E-state index in [4.69, 9.17) is 17.4 Å². The van der Waals surface area contributed by atoms with Crippen LogP contribution in [0.4, 0.5) is 0 Å². The van der Waals surface area contributed by atoms with Gasteiger partial charge in [0.1, 0.15) is 5.17 Å². The van der Waals surface area contributed by atoms with Gasteiger partial charge in [-0.05, 0) is 23.8 Å². The monoisotopic (exact) mass is 258 g/mol. The Hall–Kier alpha value is -0.800. The van der Waals surface area contributed by atoms with E-state index in [1.165, 1.54) is 0 Å². The van der Waals surface area contributed by atoms with Gasteiger partial charge in [0.2, 0.25) is 0 Å². The Kier molecular flexibility index (Phi) is 3.99. The third kappa shape index (κ3) is 3.61. The lowest BCUT2D eigenvalue weighted by Crippen LogP contribution is -1.86. The molecule has 1 aromatic rings. The summed E-state index contributed by atoms with van der Waals surface area (Å²) < 4.78 is 1.04. The highest BCUT2D eigenvalue weighted by Gasteiger charge is 1.88. The van der Waals surface area contributed by atoms with E-state index < -0.39 is 0 Å². The van der Waals surface area contributed by atoms with Crippen LogP contribution in [0.15, 0.2) is 39.9 Å². The predicted octanol–water partition coefficient (Wildman–Crippen LogP) is 2.97. The summed E-state index contributed by atoms with van der Waals surface area (Å²) in [6.07, 6.45) is 3.48. The minimum Gasteiger partial charge on any atom is -0.322 e. The third-order valence-electron chi connectivity index (χ3n) is 1.41. The first-order valence-electron chi connectivity index (χ1n) is 3.59. The molecule has 0 radical (unpaired) electrons. The number of hydrogen-bond donors (Lipinski definition) is 1. The molecule has 2 nitrogen and oxygen atoms in total. The van der Waals surface area contributed by atoms with Gasteiger partial charge in [0.05, 0.1) is 0 Å². The molecule has 13 heavy (non-hydrogen) atoms. The Labute approximate surface area is 90.2 Å². The summed E-state index contributed by atoms with van der Waals surface area (Å²) in [5.41, 5.74) is 1.05. The van der Waals surface area contributed by atoms with Gasteiger partial charge < -0.3 is 5.84 Å². The van der Waals surface area contributed by atoms with E-state index in [0.717, 1.165) is 10.0 Å². The summed E-state index contributed by atoms with van der Waals surface area (Å²) in [4.78, 5) is 0. The maximum absolute atomic E-state index is 5.58. The van der Waals surface area contributed by atoms with Gasteiger partial charge in [-0.2, -0.15) is 5.10 Å². The quantitative estimate of drug-likeness (QED) is 0.495. The largest absolute Gasteiger partial charge is 0.322 e. The first-order valence-corrected chi connectivity index (χ1v) is 4.76. The number of benzene rings is 1. The Bertz CT molecular complexity index is 330. The van der Waals surface area contributed by atoms with Gasteiger partial charge in [-0.3, -0.25) is 0 Å². The highest BCUT2D eigenvalue weighted by molar-refractivity contribution is 9.10. The van der Waals surface area contributed by atoms with Crippen molar-refractivity contribution in [2.45, 2.75) is 0 Å². The van der Waals surface area contributed by atoms with Gasteiger partial charge in [-0.1, -0.05) is 45.7 Å². The summed E-state index contributed by atoms with van der Waals surface area (Å²) in [7, 11) is 0. The van der Waals surface area contributed by atoms with Gasteiger partial charge in [-0.25, -0.2) is 0 Å². The lowest BCUT2D eigenvalue weighted by molar-refractivity contribution is 1.26. The molecule has 2 N–H and O–H groups in total. The average molecular weight is 260 g/mol.